The summed E-state index contributed by atoms with van der Waals surface area (Å²) in [5.41, 5.74) is 1.77. The smallest absolute Gasteiger partial charge is 0.417 e. The highest BCUT2D eigenvalue weighted by Gasteiger charge is 2.33. The lowest BCUT2D eigenvalue weighted by molar-refractivity contribution is -0.127. The summed E-state index contributed by atoms with van der Waals surface area (Å²) in [5.74, 6) is -0.585. The van der Waals surface area contributed by atoms with Crippen LogP contribution >= 0.6 is 11.6 Å². The van der Waals surface area contributed by atoms with Crippen LogP contribution in [0.15, 0.2) is 54.6 Å². The number of hydrogen-bond acceptors (Lipinski definition) is 4. The summed E-state index contributed by atoms with van der Waals surface area (Å²) in [6.45, 7) is -0.229. The Labute approximate surface area is 162 Å². The molecule has 0 aromatic heterocycles. The number of halogens is 1. The molecule has 3 amide bonds. The Hall–Kier alpha value is -2.86. The van der Waals surface area contributed by atoms with E-state index in [-0.39, 0.29) is 25.5 Å². The third kappa shape index (κ3) is 5.08. The second-order valence-electron chi connectivity index (χ2n) is 6.22. The normalized spacial score (nSPS) is 14.8. The van der Waals surface area contributed by atoms with Gasteiger partial charge in [0.25, 0.3) is 5.91 Å². The maximum Gasteiger partial charge on any atom is 0.417 e. The van der Waals surface area contributed by atoms with E-state index in [1.807, 2.05) is 48.5 Å². The van der Waals surface area contributed by atoms with E-state index in [0.29, 0.717) is 11.4 Å². The lowest BCUT2D eigenvalue weighted by Crippen LogP contribution is -2.40. The molecule has 0 aliphatic carbocycles. The highest BCUT2D eigenvalue weighted by atomic mass is 35.5. The summed E-state index contributed by atoms with van der Waals surface area (Å²) in [6.07, 6.45) is 0.120. The van der Waals surface area contributed by atoms with Gasteiger partial charge in [0, 0.05) is 11.4 Å². The third-order valence-corrected chi connectivity index (χ3v) is 4.51. The second-order valence-corrected chi connectivity index (χ2v) is 6.66. The van der Waals surface area contributed by atoms with Gasteiger partial charge < -0.3 is 10.1 Å². The van der Waals surface area contributed by atoms with Crippen LogP contribution in [0, 0.1) is 0 Å². The first kappa shape index (κ1) is 18.9. The molecule has 0 spiro atoms. The molecule has 7 heteroatoms. The number of benzene rings is 2. The fourth-order valence-corrected chi connectivity index (χ4v) is 3.09. The second kappa shape index (κ2) is 8.68. The molecule has 140 valence electrons. The molecule has 1 N–H and O–H groups in total. The molecule has 6 nitrogen and oxygen atoms in total. The van der Waals surface area contributed by atoms with Crippen molar-refractivity contribution in [2.24, 2.45) is 0 Å². The Morgan fingerprint density at radius 1 is 1.15 bits per heavy atom. The van der Waals surface area contributed by atoms with Crippen molar-refractivity contribution >= 4 is 29.5 Å². The van der Waals surface area contributed by atoms with Crippen LogP contribution in [0.4, 0.5) is 4.79 Å². The zero-order chi connectivity index (χ0) is 19.2. The summed E-state index contributed by atoms with van der Waals surface area (Å²) in [5, 5.41) is 3.54. The van der Waals surface area contributed by atoms with Gasteiger partial charge in [0.05, 0.1) is 12.6 Å². The predicted octanol–water partition coefficient (Wildman–Crippen LogP) is 3.11. The zero-order valence-electron chi connectivity index (χ0n) is 14.6. The number of amides is 3. The molecule has 27 heavy (non-hydrogen) atoms. The number of carbonyl (C=O) groups excluding carboxylic acids is 3. The van der Waals surface area contributed by atoms with Crippen molar-refractivity contribution in [1.82, 2.24) is 10.2 Å². The molecular weight excluding hydrogens is 368 g/mol. The summed E-state index contributed by atoms with van der Waals surface area (Å²) in [6, 6.07) is 16.1. The summed E-state index contributed by atoms with van der Waals surface area (Å²) in [7, 11) is 0. The van der Waals surface area contributed by atoms with Gasteiger partial charge in [-0.25, -0.2) is 9.69 Å². The molecule has 1 saturated heterocycles. The number of hydrogen-bond donors (Lipinski definition) is 1. The Morgan fingerprint density at radius 3 is 2.59 bits per heavy atom. The Morgan fingerprint density at radius 2 is 1.93 bits per heavy atom. The Kier molecular flexibility index (Phi) is 6.08. The van der Waals surface area contributed by atoms with Crippen molar-refractivity contribution in [3.63, 3.8) is 0 Å². The van der Waals surface area contributed by atoms with Crippen molar-refractivity contribution in [3.8, 4) is 0 Å². The molecule has 2 aromatic rings. The first-order valence-electron chi connectivity index (χ1n) is 8.59. The van der Waals surface area contributed by atoms with Crippen molar-refractivity contribution in [1.29, 1.82) is 0 Å². The van der Waals surface area contributed by atoms with Crippen LogP contribution in [0.1, 0.15) is 23.6 Å². The zero-order valence-corrected chi connectivity index (χ0v) is 15.3. The van der Waals surface area contributed by atoms with Crippen LogP contribution in [0.2, 0.25) is 5.02 Å². The molecule has 0 unspecified atom stereocenters. The molecule has 1 aliphatic heterocycles. The number of nitrogens with zero attached hydrogens (tertiary/aromatic N) is 1. The number of aryl methyl sites for hydroxylation is 1. The van der Waals surface area contributed by atoms with Gasteiger partial charge >= 0.3 is 6.09 Å². The van der Waals surface area contributed by atoms with E-state index in [9.17, 15) is 14.4 Å². The minimum atomic E-state index is -0.686. The SMILES string of the molecule is O=C(CCc1cccc(Cl)c1)N[C@H](CN1C(=O)COC1=O)c1ccccc1. The van der Waals surface area contributed by atoms with Crippen LogP contribution in [0.3, 0.4) is 0 Å². The first-order chi connectivity index (χ1) is 13.0. The fourth-order valence-electron chi connectivity index (χ4n) is 2.88. The summed E-state index contributed by atoms with van der Waals surface area (Å²) in [4.78, 5) is 37.1. The van der Waals surface area contributed by atoms with Gasteiger partial charge in [-0.05, 0) is 29.7 Å². The van der Waals surface area contributed by atoms with E-state index in [1.54, 1.807) is 6.07 Å². The van der Waals surface area contributed by atoms with Gasteiger partial charge in [0.1, 0.15) is 0 Å². The minimum Gasteiger partial charge on any atom is -0.439 e. The average Bonchev–Trinajstić information content (AvgIpc) is 2.98. The highest BCUT2D eigenvalue weighted by Crippen LogP contribution is 2.18. The van der Waals surface area contributed by atoms with Gasteiger partial charge in [0.2, 0.25) is 5.91 Å². The molecule has 1 aliphatic rings. The summed E-state index contributed by atoms with van der Waals surface area (Å²) >= 11 is 5.97. The number of rotatable bonds is 7. The quantitative estimate of drug-likeness (QED) is 0.793. The van der Waals surface area contributed by atoms with Gasteiger partial charge in [-0.2, -0.15) is 0 Å². The molecule has 0 bridgehead atoms. The summed E-state index contributed by atoms with van der Waals surface area (Å²) < 4.78 is 4.75. The largest absolute Gasteiger partial charge is 0.439 e. The van der Waals surface area contributed by atoms with Crippen LogP contribution in [0.25, 0.3) is 0 Å². The van der Waals surface area contributed by atoms with Crippen molar-refractivity contribution in [2.75, 3.05) is 13.2 Å². The Bertz CT molecular complexity index is 825. The molecule has 1 fully saturated rings. The van der Waals surface area contributed by atoms with Crippen molar-refractivity contribution in [2.45, 2.75) is 18.9 Å². The number of cyclic esters (lactones) is 1. The van der Waals surface area contributed by atoms with Crippen LogP contribution in [0.5, 0.6) is 0 Å². The van der Waals surface area contributed by atoms with E-state index < -0.39 is 18.0 Å². The maximum absolute atomic E-state index is 12.5. The van der Waals surface area contributed by atoms with E-state index >= 15 is 0 Å². The van der Waals surface area contributed by atoms with E-state index in [4.69, 9.17) is 16.3 Å². The molecule has 1 heterocycles. The molecule has 3 rings (SSSR count). The van der Waals surface area contributed by atoms with Gasteiger partial charge in [-0.15, -0.1) is 0 Å². The average molecular weight is 387 g/mol. The van der Waals surface area contributed by atoms with Gasteiger partial charge in [-0.1, -0.05) is 54.1 Å². The minimum absolute atomic E-state index is 0.0323. The van der Waals surface area contributed by atoms with Crippen LogP contribution < -0.4 is 5.32 Å². The standard InChI is InChI=1S/C20H19ClN2O4/c21-16-8-4-5-14(11-16)9-10-18(24)22-17(15-6-2-1-3-7-15)12-23-19(25)13-27-20(23)26/h1-8,11,17H,9-10,12-13H2,(H,22,24)/t17-/m1/s1. The van der Waals surface area contributed by atoms with E-state index in [0.717, 1.165) is 16.0 Å². The molecular formula is C20H19ClN2O4. The monoisotopic (exact) mass is 386 g/mol. The number of nitrogens with one attached hydrogen (secondary N) is 1. The number of imide groups is 1. The molecule has 0 saturated carbocycles. The number of ether oxygens (including phenoxy) is 1. The van der Waals surface area contributed by atoms with Crippen LogP contribution in [-0.2, 0) is 20.7 Å². The van der Waals surface area contributed by atoms with Crippen LogP contribution in [-0.4, -0.2) is 36.0 Å². The molecule has 1 atom stereocenters. The maximum atomic E-state index is 12.5. The number of carbonyl (C=O) groups is 3. The lowest BCUT2D eigenvalue weighted by Gasteiger charge is -2.23. The third-order valence-electron chi connectivity index (χ3n) is 4.27. The first-order valence-corrected chi connectivity index (χ1v) is 8.96. The topological polar surface area (TPSA) is 75.7 Å². The molecule has 2 aromatic carbocycles. The van der Waals surface area contributed by atoms with Crippen molar-refractivity contribution in [3.05, 3.63) is 70.7 Å². The van der Waals surface area contributed by atoms with Gasteiger partial charge in [0.15, 0.2) is 6.61 Å². The van der Waals surface area contributed by atoms with E-state index in [2.05, 4.69) is 5.32 Å². The van der Waals surface area contributed by atoms with Gasteiger partial charge in [-0.3, -0.25) is 9.59 Å². The predicted molar refractivity (Wildman–Crippen MR) is 100 cm³/mol. The van der Waals surface area contributed by atoms with E-state index in [1.165, 1.54) is 0 Å². The molecule has 0 radical (unpaired) electrons. The highest BCUT2D eigenvalue weighted by molar-refractivity contribution is 6.30. The lowest BCUT2D eigenvalue weighted by atomic mass is 10.1. The Balaban J connectivity index is 1.66. The fraction of sp³-hybridized carbons (Fsp3) is 0.250. The van der Waals surface area contributed by atoms with Crippen molar-refractivity contribution < 1.29 is 19.1 Å².